The molecule has 1 N–H and O–H groups in total. The number of anilines is 1. The van der Waals surface area contributed by atoms with Crippen molar-refractivity contribution in [3.05, 3.63) is 29.8 Å². The molecule has 0 aromatic heterocycles. The van der Waals surface area contributed by atoms with Gasteiger partial charge >= 0.3 is 0 Å². The van der Waals surface area contributed by atoms with Crippen LogP contribution in [0.5, 0.6) is 0 Å². The molecule has 1 saturated heterocycles. The maximum atomic E-state index is 12.6. The Kier molecular flexibility index (Phi) is 4.80. The highest BCUT2D eigenvalue weighted by atomic mass is 16.5. The van der Waals surface area contributed by atoms with E-state index in [9.17, 15) is 4.79 Å². The number of hydrogen-bond donors (Lipinski definition) is 1. The number of piperidine rings is 1. The van der Waals surface area contributed by atoms with Crippen LogP contribution >= 0.6 is 0 Å². The second-order valence-electron chi connectivity index (χ2n) is 4.77. The van der Waals surface area contributed by atoms with Gasteiger partial charge in [-0.2, -0.15) is 0 Å². The maximum absolute atomic E-state index is 12.6. The number of carbonyl (C=O) groups is 1. The quantitative estimate of drug-likeness (QED) is 0.905. The van der Waals surface area contributed by atoms with E-state index in [1.165, 1.54) is 0 Å². The number of nitrogens with zero attached hydrogens (tertiary/aromatic N) is 1. The lowest BCUT2D eigenvalue weighted by Gasteiger charge is -2.33. The topological polar surface area (TPSA) is 41.6 Å². The Balaban J connectivity index is 2.10. The number of benzene rings is 1. The van der Waals surface area contributed by atoms with E-state index >= 15 is 0 Å². The fourth-order valence-corrected chi connectivity index (χ4v) is 2.55. The van der Waals surface area contributed by atoms with Crippen molar-refractivity contribution in [2.75, 3.05) is 32.1 Å². The first-order valence-electron chi connectivity index (χ1n) is 6.94. The Morgan fingerprint density at radius 3 is 3.00 bits per heavy atom. The van der Waals surface area contributed by atoms with Crippen molar-refractivity contribution >= 4 is 11.6 Å². The second kappa shape index (κ2) is 6.57. The molecule has 1 aromatic carbocycles. The van der Waals surface area contributed by atoms with Crippen LogP contribution in [0.4, 0.5) is 5.69 Å². The first kappa shape index (κ1) is 13.9. The van der Waals surface area contributed by atoms with E-state index < -0.39 is 0 Å². The van der Waals surface area contributed by atoms with Crippen LogP contribution in [-0.4, -0.2) is 43.7 Å². The molecule has 0 saturated carbocycles. The summed E-state index contributed by atoms with van der Waals surface area (Å²) in [5.74, 6) is 0.0920. The summed E-state index contributed by atoms with van der Waals surface area (Å²) in [5, 5.41) is 3.07. The fraction of sp³-hybridized carbons (Fsp3) is 0.533. The second-order valence-corrected chi connectivity index (χ2v) is 4.77. The number of nitrogens with one attached hydrogen (secondary N) is 1. The predicted octanol–water partition coefficient (Wildman–Crippen LogP) is 2.37. The molecule has 1 heterocycles. The molecule has 104 valence electrons. The Morgan fingerprint density at radius 1 is 1.47 bits per heavy atom. The monoisotopic (exact) mass is 262 g/mol. The molecule has 1 amide bonds. The van der Waals surface area contributed by atoms with E-state index in [-0.39, 0.29) is 12.0 Å². The van der Waals surface area contributed by atoms with Gasteiger partial charge in [-0.3, -0.25) is 4.79 Å². The molecule has 1 fully saturated rings. The Labute approximate surface area is 114 Å². The minimum atomic E-state index is 0.0920. The minimum absolute atomic E-state index is 0.0920. The molecule has 2 rings (SSSR count). The van der Waals surface area contributed by atoms with Crippen LogP contribution < -0.4 is 5.32 Å². The first-order valence-corrected chi connectivity index (χ1v) is 6.94. The van der Waals surface area contributed by atoms with E-state index in [1.54, 1.807) is 0 Å². The Bertz CT molecular complexity index is 432. The Hall–Kier alpha value is -1.55. The van der Waals surface area contributed by atoms with Gasteiger partial charge in [0.05, 0.1) is 11.7 Å². The molecular weight excluding hydrogens is 240 g/mol. The number of para-hydroxylation sites is 1. The number of likely N-dealkylation sites (tertiary alicyclic amines) is 1. The third-order valence-corrected chi connectivity index (χ3v) is 3.49. The van der Waals surface area contributed by atoms with Crippen molar-refractivity contribution in [3.63, 3.8) is 0 Å². The van der Waals surface area contributed by atoms with E-state index in [1.807, 2.05) is 43.1 Å². The normalized spacial score (nSPS) is 19.3. The summed E-state index contributed by atoms with van der Waals surface area (Å²) < 4.78 is 5.65. The fourth-order valence-electron chi connectivity index (χ4n) is 2.55. The van der Waals surface area contributed by atoms with Gasteiger partial charge in [0, 0.05) is 32.4 Å². The van der Waals surface area contributed by atoms with E-state index in [0.717, 1.165) is 30.6 Å². The smallest absolute Gasteiger partial charge is 0.256 e. The van der Waals surface area contributed by atoms with Crippen LogP contribution in [0.15, 0.2) is 24.3 Å². The lowest BCUT2D eigenvalue weighted by atomic mass is 10.1. The largest absolute Gasteiger partial charge is 0.387 e. The zero-order chi connectivity index (χ0) is 13.7. The van der Waals surface area contributed by atoms with Crippen molar-refractivity contribution in [1.82, 2.24) is 4.90 Å². The predicted molar refractivity (Wildman–Crippen MR) is 76.5 cm³/mol. The molecule has 0 spiro atoms. The van der Waals surface area contributed by atoms with Gasteiger partial charge < -0.3 is 15.0 Å². The maximum Gasteiger partial charge on any atom is 0.256 e. The van der Waals surface area contributed by atoms with Crippen LogP contribution in [-0.2, 0) is 4.74 Å². The highest BCUT2D eigenvalue weighted by molar-refractivity contribution is 5.99. The number of carbonyl (C=O) groups excluding carboxylic acids is 1. The van der Waals surface area contributed by atoms with Gasteiger partial charge in [0.25, 0.3) is 5.91 Å². The highest BCUT2D eigenvalue weighted by Gasteiger charge is 2.25. The van der Waals surface area contributed by atoms with Gasteiger partial charge in [0.1, 0.15) is 0 Å². The van der Waals surface area contributed by atoms with E-state index in [2.05, 4.69) is 5.32 Å². The summed E-state index contributed by atoms with van der Waals surface area (Å²) in [4.78, 5) is 14.5. The summed E-state index contributed by atoms with van der Waals surface area (Å²) >= 11 is 0. The van der Waals surface area contributed by atoms with Gasteiger partial charge in [-0.25, -0.2) is 0 Å². The lowest BCUT2D eigenvalue weighted by Crippen LogP contribution is -2.43. The molecule has 1 atom stereocenters. The molecule has 4 heteroatoms. The van der Waals surface area contributed by atoms with Crippen LogP contribution in [0.3, 0.4) is 0 Å². The van der Waals surface area contributed by atoms with Crippen molar-refractivity contribution in [3.8, 4) is 0 Å². The van der Waals surface area contributed by atoms with E-state index in [0.29, 0.717) is 13.2 Å². The summed E-state index contributed by atoms with van der Waals surface area (Å²) in [6, 6.07) is 7.63. The Morgan fingerprint density at radius 2 is 2.26 bits per heavy atom. The van der Waals surface area contributed by atoms with Crippen LogP contribution in [0.1, 0.15) is 30.1 Å². The molecule has 1 unspecified atom stereocenters. The molecule has 1 aromatic rings. The van der Waals surface area contributed by atoms with Gasteiger partial charge in [-0.1, -0.05) is 12.1 Å². The third kappa shape index (κ3) is 3.26. The molecule has 0 bridgehead atoms. The molecular formula is C15H22N2O2. The molecule has 19 heavy (non-hydrogen) atoms. The van der Waals surface area contributed by atoms with Crippen molar-refractivity contribution in [1.29, 1.82) is 0 Å². The number of ether oxygens (including phenoxy) is 1. The van der Waals surface area contributed by atoms with Crippen LogP contribution in [0, 0.1) is 0 Å². The summed E-state index contributed by atoms with van der Waals surface area (Å²) in [6.45, 7) is 4.22. The first-order chi connectivity index (χ1) is 9.26. The van der Waals surface area contributed by atoms with E-state index in [4.69, 9.17) is 4.74 Å². The summed E-state index contributed by atoms with van der Waals surface area (Å²) in [7, 11) is 1.84. The van der Waals surface area contributed by atoms with Crippen molar-refractivity contribution in [2.24, 2.45) is 0 Å². The van der Waals surface area contributed by atoms with Crippen LogP contribution in [0.2, 0.25) is 0 Å². The van der Waals surface area contributed by atoms with Gasteiger partial charge in [0.2, 0.25) is 0 Å². The SMILES string of the molecule is CCOC1CCCN(C(=O)c2ccccc2NC)C1. The lowest BCUT2D eigenvalue weighted by molar-refractivity contribution is 0.00728. The van der Waals surface area contributed by atoms with Gasteiger partial charge in [-0.05, 0) is 31.9 Å². The molecule has 4 nitrogen and oxygen atoms in total. The highest BCUT2D eigenvalue weighted by Crippen LogP contribution is 2.20. The molecule has 1 aliphatic heterocycles. The number of rotatable bonds is 4. The van der Waals surface area contributed by atoms with Gasteiger partial charge in [-0.15, -0.1) is 0 Å². The molecule has 1 aliphatic rings. The van der Waals surface area contributed by atoms with Gasteiger partial charge in [0.15, 0.2) is 0 Å². The number of amides is 1. The van der Waals surface area contributed by atoms with Crippen LogP contribution in [0.25, 0.3) is 0 Å². The molecule has 0 aliphatic carbocycles. The summed E-state index contributed by atoms with van der Waals surface area (Å²) in [6.07, 6.45) is 2.24. The average molecular weight is 262 g/mol. The zero-order valence-corrected chi connectivity index (χ0v) is 11.7. The third-order valence-electron chi connectivity index (χ3n) is 3.49. The van der Waals surface area contributed by atoms with Crippen molar-refractivity contribution < 1.29 is 9.53 Å². The van der Waals surface area contributed by atoms with Crippen molar-refractivity contribution in [2.45, 2.75) is 25.9 Å². The zero-order valence-electron chi connectivity index (χ0n) is 11.7. The standard InChI is InChI=1S/C15H22N2O2/c1-3-19-12-7-6-10-17(11-12)15(18)13-8-4-5-9-14(13)16-2/h4-5,8-9,12,16H,3,6-7,10-11H2,1-2H3. The molecule has 0 radical (unpaired) electrons. The minimum Gasteiger partial charge on any atom is -0.387 e. The number of hydrogen-bond acceptors (Lipinski definition) is 3. The summed E-state index contributed by atoms with van der Waals surface area (Å²) in [5.41, 5.74) is 1.62. The average Bonchev–Trinajstić information content (AvgIpc) is 2.47.